The van der Waals surface area contributed by atoms with Crippen molar-refractivity contribution in [2.75, 3.05) is 23.9 Å². The second-order valence-electron chi connectivity index (χ2n) is 6.79. The number of carbonyl (C=O) groups excluding carboxylic acids is 1. The Hall–Kier alpha value is -1.55. The monoisotopic (exact) mass is 391 g/mol. The summed E-state index contributed by atoms with van der Waals surface area (Å²) in [5.74, 6) is 0.640. The molecule has 1 aliphatic heterocycles. The number of carbonyl (C=O) groups is 1. The lowest BCUT2D eigenvalue weighted by atomic mass is 9.84. The van der Waals surface area contributed by atoms with Crippen molar-refractivity contribution in [3.8, 4) is 0 Å². The highest BCUT2D eigenvalue weighted by atomic mass is 35.5. The standard InChI is InChI=1S/C21H23Cl2NO2/c22-13-1-2-20(25)16-3-9-19(10-4-16)24-14-11-21(26,12-15-24)17-5-7-18(23)8-6-17/h3-10,26H,1-2,11-15H2. The summed E-state index contributed by atoms with van der Waals surface area (Å²) in [7, 11) is 0. The van der Waals surface area contributed by atoms with Crippen molar-refractivity contribution in [3.63, 3.8) is 0 Å². The van der Waals surface area contributed by atoms with Crippen LogP contribution in [0.5, 0.6) is 0 Å². The summed E-state index contributed by atoms with van der Waals surface area (Å²) in [6.07, 6.45) is 2.51. The largest absolute Gasteiger partial charge is 0.385 e. The van der Waals surface area contributed by atoms with Gasteiger partial charge in [0.25, 0.3) is 0 Å². The Labute approximate surface area is 164 Å². The molecule has 1 aliphatic rings. The second kappa shape index (κ2) is 8.43. The first-order valence-corrected chi connectivity index (χ1v) is 9.86. The van der Waals surface area contributed by atoms with Crippen LogP contribution < -0.4 is 4.90 Å². The molecule has 3 rings (SSSR count). The molecule has 0 saturated carbocycles. The molecule has 0 amide bonds. The Bertz CT molecular complexity index is 736. The third-order valence-electron chi connectivity index (χ3n) is 5.06. The van der Waals surface area contributed by atoms with E-state index >= 15 is 0 Å². The lowest BCUT2D eigenvalue weighted by Crippen LogP contribution is -2.42. The molecule has 0 radical (unpaired) electrons. The average Bonchev–Trinajstić information content (AvgIpc) is 2.67. The number of aliphatic hydroxyl groups is 1. The molecule has 0 aromatic heterocycles. The summed E-state index contributed by atoms with van der Waals surface area (Å²) < 4.78 is 0. The minimum Gasteiger partial charge on any atom is -0.385 e. The molecule has 0 aliphatic carbocycles. The van der Waals surface area contributed by atoms with Gasteiger partial charge in [0.15, 0.2) is 5.78 Å². The van der Waals surface area contributed by atoms with Crippen LogP contribution in [0.2, 0.25) is 5.02 Å². The molecule has 3 nitrogen and oxygen atoms in total. The van der Waals surface area contributed by atoms with Crippen LogP contribution in [-0.4, -0.2) is 29.9 Å². The van der Waals surface area contributed by atoms with Gasteiger partial charge in [0.05, 0.1) is 5.60 Å². The van der Waals surface area contributed by atoms with Gasteiger partial charge in [-0.05, 0) is 61.2 Å². The number of ketones is 1. The molecular weight excluding hydrogens is 369 g/mol. The highest BCUT2D eigenvalue weighted by molar-refractivity contribution is 6.30. The van der Waals surface area contributed by atoms with Gasteiger partial charge in [0.1, 0.15) is 0 Å². The fourth-order valence-electron chi connectivity index (χ4n) is 3.41. The van der Waals surface area contributed by atoms with Crippen molar-refractivity contribution in [2.45, 2.75) is 31.3 Å². The normalized spacial score (nSPS) is 16.5. The summed E-state index contributed by atoms with van der Waals surface area (Å²) in [5.41, 5.74) is 1.92. The molecule has 5 heteroatoms. The van der Waals surface area contributed by atoms with Gasteiger partial charge in [-0.25, -0.2) is 0 Å². The van der Waals surface area contributed by atoms with Crippen molar-refractivity contribution in [1.29, 1.82) is 0 Å². The van der Waals surface area contributed by atoms with Crippen molar-refractivity contribution in [3.05, 3.63) is 64.7 Å². The molecule has 2 aromatic carbocycles. The van der Waals surface area contributed by atoms with E-state index in [9.17, 15) is 9.90 Å². The molecule has 1 fully saturated rings. The zero-order chi connectivity index (χ0) is 18.6. The zero-order valence-corrected chi connectivity index (χ0v) is 16.1. The van der Waals surface area contributed by atoms with Gasteiger partial charge in [0.2, 0.25) is 0 Å². The van der Waals surface area contributed by atoms with Gasteiger partial charge in [-0.2, -0.15) is 0 Å². The third kappa shape index (κ3) is 4.40. The van der Waals surface area contributed by atoms with Crippen molar-refractivity contribution in [2.24, 2.45) is 0 Å². The Balaban J connectivity index is 1.62. The van der Waals surface area contributed by atoms with E-state index in [2.05, 4.69) is 4.90 Å². The van der Waals surface area contributed by atoms with Crippen LogP contribution in [0, 0.1) is 0 Å². The molecule has 0 bridgehead atoms. The SMILES string of the molecule is O=C(CCCCl)c1ccc(N2CCC(O)(c3ccc(Cl)cc3)CC2)cc1. The van der Waals surface area contributed by atoms with Crippen LogP contribution in [0.3, 0.4) is 0 Å². The van der Waals surface area contributed by atoms with Crippen LogP contribution in [0.1, 0.15) is 41.6 Å². The van der Waals surface area contributed by atoms with Gasteiger partial charge >= 0.3 is 0 Å². The zero-order valence-electron chi connectivity index (χ0n) is 14.6. The van der Waals surface area contributed by atoms with Gasteiger partial charge in [-0.15, -0.1) is 11.6 Å². The lowest BCUT2D eigenvalue weighted by molar-refractivity contribution is 0.0118. The van der Waals surface area contributed by atoms with E-state index in [0.717, 1.165) is 29.9 Å². The van der Waals surface area contributed by atoms with Crippen molar-refractivity contribution >= 4 is 34.7 Å². The van der Waals surface area contributed by atoms with Gasteiger partial charge in [0, 0.05) is 41.7 Å². The molecule has 0 atom stereocenters. The number of anilines is 1. The molecule has 2 aromatic rings. The molecule has 1 heterocycles. The smallest absolute Gasteiger partial charge is 0.162 e. The predicted octanol–water partition coefficient (Wildman–Crippen LogP) is 5.03. The Kier molecular flexibility index (Phi) is 6.23. The molecule has 1 N–H and O–H groups in total. The molecular formula is C21H23Cl2NO2. The van der Waals surface area contributed by atoms with E-state index in [1.807, 2.05) is 48.5 Å². The first kappa shape index (κ1) is 19.2. The summed E-state index contributed by atoms with van der Waals surface area (Å²) >= 11 is 11.6. The highest BCUT2D eigenvalue weighted by Gasteiger charge is 2.34. The minimum absolute atomic E-state index is 0.132. The van der Waals surface area contributed by atoms with Crippen molar-refractivity contribution < 1.29 is 9.90 Å². The Morgan fingerprint density at radius 1 is 1.04 bits per heavy atom. The molecule has 138 valence electrons. The maximum Gasteiger partial charge on any atom is 0.162 e. The number of benzene rings is 2. The Morgan fingerprint density at radius 3 is 2.23 bits per heavy atom. The van der Waals surface area contributed by atoms with E-state index in [1.54, 1.807) is 0 Å². The van der Waals surface area contributed by atoms with Crippen LogP contribution in [0.4, 0.5) is 5.69 Å². The van der Waals surface area contributed by atoms with Crippen molar-refractivity contribution in [1.82, 2.24) is 0 Å². The fourth-order valence-corrected chi connectivity index (χ4v) is 3.67. The van der Waals surface area contributed by atoms with E-state index in [-0.39, 0.29) is 5.78 Å². The number of piperidine rings is 1. The van der Waals surface area contributed by atoms with Crippen LogP contribution in [0.25, 0.3) is 0 Å². The number of alkyl halides is 1. The van der Waals surface area contributed by atoms with Crippen LogP contribution in [-0.2, 0) is 5.60 Å². The summed E-state index contributed by atoms with van der Waals surface area (Å²) in [4.78, 5) is 14.3. The number of halogens is 2. The van der Waals surface area contributed by atoms with Crippen LogP contribution in [0.15, 0.2) is 48.5 Å². The number of nitrogens with zero attached hydrogens (tertiary/aromatic N) is 1. The molecule has 0 unspecified atom stereocenters. The maximum atomic E-state index is 12.0. The highest BCUT2D eigenvalue weighted by Crippen LogP contribution is 2.35. The first-order valence-electron chi connectivity index (χ1n) is 8.94. The second-order valence-corrected chi connectivity index (χ2v) is 7.60. The number of Topliss-reactive ketones (excluding diaryl/α,β-unsaturated/α-hetero) is 1. The molecule has 26 heavy (non-hydrogen) atoms. The van der Waals surface area contributed by atoms with E-state index < -0.39 is 5.60 Å². The van der Waals surface area contributed by atoms with Gasteiger partial charge in [-0.3, -0.25) is 4.79 Å². The summed E-state index contributed by atoms with van der Waals surface area (Å²) in [6, 6.07) is 15.2. The average molecular weight is 392 g/mol. The maximum absolute atomic E-state index is 12.0. The Morgan fingerprint density at radius 2 is 1.65 bits per heavy atom. The molecule has 1 saturated heterocycles. The van der Waals surface area contributed by atoms with Gasteiger partial charge in [-0.1, -0.05) is 23.7 Å². The third-order valence-corrected chi connectivity index (χ3v) is 5.58. The quantitative estimate of drug-likeness (QED) is 0.554. The summed E-state index contributed by atoms with van der Waals surface area (Å²) in [6.45, 7) is 1.53. The van der Waals surface area contributed by atoms with Gasteiger partial charge < -0.3 is 10.0 Å². The number of hydrogen-bond acceptors (Lipinski definition) is 3. The lowest BCUT2D eigenvalue weighted by Gasteiger charge is -2.39. The van der Waals surface area contributed by atoms with E-state index in [0.29, 0.717) is 36.6 Å². The molecule has 0 spiro atoms. The first-order chi connectivity index (χ1) is 12.5. The minimum atomic E-state index is -0.807. The topological polar surface area (TPSA) is 40.5 Å². The number of rotatable bonds is 6. The van der Waals surface area contributed by atoms with E-state index in [4.69, 9.17) is 23.2 Å². The van der Waals surface area contributed by atoms with Crippen LogP contribution >= 0.6 is 23.2 Å². The summed E-state index contributed by atoms with van der Waals surface area (Å²) in [5, 5.41) is 11.6. The fraction of sp³-hybridized carbons (Fsp3) is 0.381. The van der Waals surface area contributed by atoms with E-state index in [1.165, 1.54) is 0 Å². The number of hydrogen-bond donors (Lipinski definition) is 1. The predicted molar refractivity (Wildman–Crippen MR) is 108 cm³/mol.